The molecule has 1 aromatic carbocycles. The van der Waals surface area contributed by atoms with Crippen molar-refractivity contribution < 1.29 is 4.79 Å². The zero-order valence-electron chi connectivity index (χ0n) is 17.6. The van der Waals surface area contributed by atoms with Gasteiger partial charge in [-0.15, -0.1) is 11.3 Å². The number of nitrogens with one attached hydrogen (secondary N) is 1. The van der Waals surface area contributed by atoms with Crippen LogP contribution in [0.4, 0.5) is 0 Å². The van der Waals surface area contributed by atoms with Crippen LogP contribution in [0.25, 0.3) is 22.0 Å². The van der Waals surface area contributed by atoms with Crippen molar-refractivity contribution in [2.24, 2.45) is 11.8 Å². The fourth-order valence-electron chi connectivity index (χ4n) is 3.23. The molecule has 0 spiro atoms. The van der Waals surface area contributed by atoms with Gasteiger partial charge in [-0.1, -0.05) is 57.5 Å². The highest BCUT2D eigenvalue weighted by Crippen LogP contribution is 2.34. The molecule has 1 amide bonds. The van der Waals surface area contributed by atoms with Crippen LogP contribution < -0.4 is 5.32 Å². The summed E-state index contributed by atoms with van der Waals surface area (Å²) in [7, 11) is 0. The van der Waals surface area contributed by atoms with Crippen LogP contribution in [0.5, 0.6) is 0 Å². The molecule has 0 saturated heterocycles. The fourth-order valence-corrected chi connectivity index (χ4v) is 4.36. The van der Waals surface area contributed by atoms with Crippen LogP contribution in [-0.4, -0.2) is 22.0 Å². The van der Waals surface area contributed by atoms with Crippen molar-refractivity contribution >= 4 is 28.8 Å². The molecular formula is C23H28ClN3OS. The molecule has 0 saturated carbocycles. The smallest absolute Gasteiger partial charge is 0.253 e. The molecular weight excluding hydrogens is 402 g/mol. The van der Waals surface area contributed by atoms with Crippen molar-refractivity contribution in [2.45, 2.75) is 41.2 Å². The summed E-state index contributed by atoms with van der Waals surface area (Å²) in [6.07, 6.45) is 0. The van der Waals surface area contributed by atoms with Gasteiger partial charge in [0, 0.05) is 29.7 Å². The summed E-state index contributed by atoms with van der Waals surface area (Å²) in [6.45, 7) is 12.0. The number of hydrogen-bond donors (Lipinski definition) is 1. The van der Waals surface area contributed by atoms with Crippen molar-refractivity contribution in [1.29, 1.82) is 0 Å². The Morgan fingerprint density at radius 1 is 1.21 bits per heavy atom. The van der Waals surface area contributed by atoms with Crippen LogP contribution in [-0.2, 0) is 6.54 Å². The Kier molecular flexibility index (Phi) is 6.81. The van der Waals surface area contributed by atoms with E-state index in [0.717, 1.165) is 34.2 Å². The normalized spacial score (nSPS) is 11.4. The molecule has 0 aliphatic carbocycles. The maximum absolute atomic E-state index is 12.8. The van der Waals surface area contributed by atoms with E-state index in [0.29, 0.717) is 29.0 Å². The highest BCUT2D eigenvalue weighted by Gasteiger charge is 2.21. The van der Waals surface area contributed by atoms with Crippen LogP contribution in [0.3, 0.4) is 0 Å². The summed E-state index contributed by atoms with van der Waals surface area (Å²) in [6, 6.07) is 9.71. The van der Waals surface area contributed by atoms with Crippen molar-refractivity contribution in [3.63, 3.8) is 0 Å². The van der Waals surface area contributed by atoms with E-state index < -0.39 is 0 Å². The number of hydrogen-bond acceptors (Lipinski definition) is 3. The molecule has 3 aromatic rings. The van der Waals surface area contributed by atoms with E-state index in [1.807, 2.05) is 42.6 Å². The van der Waals surface area contributed by atoms with Gasteiger partial charge in [0.2, 0.25) is 0 Å². The molecule has 0 aliphatic heterocycles. The third kappa shape index (κ3) is 4.90. The maximum atomic E-state index is 12.8. The van der Waals surface area contributed by atoms with Gasteiger partial charge in [0.25, 0.3) is 5.91 Å². The van der Waals surface area contributed by atoms with Crippen LogP contribution in [0.1, 0.15) is 43.7 Å². The van der Waals surface area contributed by atoms with Crippen LogP contribution in [0, 0.1) is 18.8 Å². The molecule has 3 rings (SSSR count). The minimum atomic E-state index is -0.0264. The molecule has 0 aliphatic rings. The van der Waals surface area contributed by atoms with Crippen LogP contribution in [0.15, 0.2) is 35.7 Å². The van der Waals surface area contributed by atoms with E-state index in [-0.39, 0.29) is 5.91 Å². The third-order valence-electron chi connectivity index (χ3n) is 4.70. The standard InChI is InChI=1S/C23H28ClN3OS/c1-14(2)11-25-22(28)18-10-21(27(16(18)5)12-15(3)4)20-13-29-23(26-20)17-8-6-7-9-19(17)24/h6-10,13-15H,11-12H2,1-5H3,(H,25,28). The summed E-state index contributed by atoms with van der Waals surface area (Å²) in [5, 5.41) is 6.65. The fraction of sp³-hybridized carbons (Fsp3) is 0.391. The number of amides is 1. The Morgan fingerprint density at radius 2 is 1.93 bits per heavy atom. The lowest BCUT2D eigenvalue weighted by atomic mass is 10.2. The minimum Gasteiger partial charge on any atom is -0.352 e. The van der Waals surface area contributed by atoms with Gasteiger partial charge in [-0.25, -0.2) is 4.98 Å². The van der Waals surface area contributed by atoms with Gasteiger partial charge in [-0.2, -0.15) is 0 Å². The first-order chi connectivity index (χ1) is 13.8. The number of nitrogens with zero attached hydrogens (tertiary/aromatic N) is 2. The van der Waals surface area contributed by atoms with Crippen molar-refractivity contribution in [2.75, 3.05) is 6.54 Å². The number of halogens is 1. The van der Waals surface area contributed by atoms with Gasteiger partial charge in [-0.3, -0.25) is 4.79 Å². The second kappa shape index (κ2) is 9.14. The molecule has 0 unspecified atom stereocenters. The lowest BCUT2D eigenvalue weighted by molar-refractivity contribution is 0.0948. The summed E-state index contributed by atoms with van der Waals surface area (Å²) in [5.74, 6) is 0.836. The first-order valence-electron chi connectivity index (χ1n) is 9.97. The number of rotatable bonds is 7. The average Bonchev–Trinajstić information content (AvgIpc) is 3.26. The van der Waals surface area contributed by atoms with E-state index in [9.17, 15) is 4.79 Å². The summed E-state index contributed by atoms with van der Waals surface area (Å²) < 4.78 is 2.21. The molecule has 0 bridgehead atoms. The molecule has 0 radical (unpaired) electrons. The summed E-state index contributed by atoms with van der Waals surface area (Å²) in [5.41, 5.74) is 4.46. The second-order valence-corrected chi connectivity index (χ2v) is 9.42. The topological polar surface area (TPSA) is 46.9 Å². The largest absolute Gasteiger partial charge is 0.352 e. The molecule has 154 valence electrons. The van der Waals surface area contributed by atoms with E-state index in [2.05, 4.69) is 37.6 Å². The third-order valence-corrected chi connectivity index (χ3v) is 5.91. The zero-order chi connectivity index (χ0) is 21.1. The summed E-state index contributed by atoms with van der Waals surface area (Å²) >= 11 is 7.92. The number of benzene rings is 1. The Morgan fingerprint density at radius 3 is 2.59 bits per heavy atom. The van der Waals surface area contributed by atoms with Gasteiger partial charge >= 0.3 is 0 Å². The highest BCUT2D eigenvalue weighted by molar-refractivity contribution is 7.13. The molecule has 2 aromatic heterocycles. The quantitative estimate of drug-likeness (QED) is 0.480. The predicted octanol–water partition coefficient (Wildman–Crippen LogP) is 6.28. The summed E-state index contributed by atoms with van der Waals surface area (Å²) in [4.78, 5) is 17.6. The lowest BCUT2D eigenvalue weighted by Gasteiger charge is -2.13. The molecule has 29 heavy (non-hydrogen) atoms. The van der Waals surface area contributed by atoms with Gasteiger partial charge in [0.05, 0.1) is 22.0 Å². The highest BCUT2D eigenvalue weighted by atomic mass is 35.5. The Balaban J connectivity index is 2.01. The Labute approximate surface area is 181 Å². The maximum Gasteiger partial charge on any atom is 0.253 e. The number of aromatic nitrogens is 2. The Hall–Kier alpha value is -2.11. The van der Waals surface area contributed by atoms with Crippen molar-refractivity contribution in [3.8, 4) is 22.0 Å². The number of carbonyl (C=O) groups is 1. The van der Waals surface area contributed by atoms with Crippen molar-refractivity contribution in [1.82, 2.24) is 14.9 Å². The van der Waals surface area contributed by atoms with Crippen molar-refractivity contribution in [3.05, 3.63) is 52.0 Å². The van der Waals surface area contributed by atoms with Gasteiger partial charge in [0.15, 0.2) is 0 Å². The predicted molar refractivity (Wildman–Crippen MR) is 123 cm³/mol. The van der Waals surface area contributed by atoms with Gasteiger partial charge < -0.3 is 9.88 Å². The minimum absolute atomic E-state index is 0.0264. The monoisotopic (exact) mass is 429 g/mol. The van der Waals surface area contributed by atoms with E-state index >= 15 is 0 Å². The van der Waals surface area contributed by atoms with E-state index in [1.54, 1.807) is 11.3 Å². The molecule has 0 atom stereocenters. The first kappa shape index (κ1) is 21.6. The van der Waals surface area contributed by atoms with E-state index in [1.165, 1.54) is 0 Å². The van der Waals surface area contributed by atoms with Gasteiger partial charge in [-0.05, 0) is 30.9 Å². The second-order valence-electron chi connectivity index (χ2n) is 8.15. The first-order valence-corrected chi connectivity index (χ1v) is 11.2. The molecule has 1 N–H and O–H groups in total. The number of carbonyl (C=O) groups excluding carboxylic acids is 1. The SMILES string of the molecule is Cc1c(C(=O)NCC(C)C)cc(-c2csc(-c3ccccc3Cl)n2)n1CC(C)C. The van der Waals surface area contributed by atoms with E-state index in [4.69, 9.17) is 16.6 Å². The number of thiazole rings is 1. The Bertz CT molecular complexity index is 1000. The molecule has 6 heteroatoms. The lowest BCUT2D eigenvalue weighted by Crippen LogP contribution is -2.27. The molecule has 2 heterocycles. The average molecular weight is 430 g/mol. The van der Waals surface area contributed by atoms with Crippen LogP contribution >= 0.6 is 22.9 Å². The molecule has 0 fully saturated rings. The van der Waals surface area contributed by atoms with Crippen LogP contribution in [0.2, 0.25) is 5.02 Å². The molecule has 4 nitrogen and oxygen atoms in total. The van der Waals surface area contributed by atoms with Gasteiger partial charge in [0.1, 0.15) is 5.01 Å². The zero-order valence-corrected chi connectivity index (χ0v) is 19.2.